The van der Waals surface area contributed by atoms with Gasteiger partial charge in [-0.2, -0.15) is 0 Å². The number of halogens is 2. The molecule has 0 aromatic heterocycles. The smallest absolute Gasteiger partial charge is 0.224 e. The molecule has 1 aliphatic heterocycles. The van der Waals surface area contributed by atoms with Gasteiger partial charge in [0.15, 0.2) is 0 Å². The van der Waals surface area contributed by atoms with Crippen molar-refractivity contribution in [3.63, 3.8) is 0 Å². The zero-order valence-corrected chi connectivity index (χ0v) is 12.9. The fourth-order valence-corrected chi connectivity index (χ4v) is 2.61. The summed E-state index contributed by atoms with van der Waals surface area (Å²) < 4.78 is 14.3. The predicted octanol–water partition coefficient (Wildman–Crippen LogP) is 1.15. The summed E-state index contributed by atoms with van der Waals surface area (Å²) in [4.78, 5) is 14.1. The van der Waals surface area contributed by atoms with Crippen molar-refractivity contribution in [2.45, 2.75) is 6.42 Å². The van der Waals surface area contributed by atoms with Gasteiger partial charge >= 0.3 is 0 Å². The van der Waals surface area contributed by atoms with E-state index in [-0.39, 0.29) is 18.1 Å². The average Bonchev–Trinajstić information content (AvgIpc) is 2.44. The number of carbonyl (C=O) groups is 1. The van der Waals surface area contributed by atoms with Gasteiger partial charge in [0.2, 0.25) is 5.91 Å². The number of hydrogen-bond donors (Lipinski definition) is 2. The molecule has 6 heteroatoms. The molecule has 2 rings (SSSR count). The van der Waals surface area contributed by atoms with Crippen LogP contribution in [0.1, 0.15) is 5.56 Å². The normalized spacial score (nSPS) is 16.1. The van der Waals surface area contributed by atoms with Crippen LogP contribution in [0.25, 0.3) is 0 Å². The zero-order chi connectivity index (χ0) is 14.4. The number of benzene rings is 1. The first-order chi connectivity index (χ1) is 9.65. The average molecular weight is 344 g/mol. The zero-order valence-electron chi connectivity index (χ0n) is 11.3. The van der Waals surface area contributed by atoms with Crippen molar-refractivity contribution in [1.29, 1.82) is 0 Å². The Labute approximate surface area is 126 Å². The summed E-state index contributed by atoms with van der Waals surface area (Å²) in [5.41, 5.74) is 0.416. The minimum absolute atomic E-state index is 0.0762. The molecular weight excluding hydrogens is 325 g/mol. The lowest BCUT2D eigenvalue weighted by atomic mass is 10.1. The highest BCUT2D eigenvalue weighted by atomic mass is 79.9. The Bertz CT molecular complexity index is 464. The monoisotopic (exact) mass is 343 g/mol. The molecule has 1 aromatic rings. The molecule has 0 atom stereocenters. The molecule has 0 unspecified atom stereocenters. The first kappa shape index (κ1) is 15.4. The van der Waals surface area contributed by atoms with E-state index in [1.54, 1.807) is 12.1 Å². The van der Waals surface area contributed by atoms with E-state index < -0.39 is 0 Å². The van der Waals surface area contributed by atoms with Crippen LogP contribution >= 0.6 is 15.9 Å². The molecule has 0 radical (unpaired) electrons. The first-order valence-corrected chi connectivity index (χ1v) is 7.58. The summed E-state index contributed by atoms with van der Waals surface area (Å²) in [5.74, 6) is -0.484. The van der Waals surface area contributed by atoms with Crippen LogP contribution in [0.15, 0.2) is 22.7 Å². The first-order valence-electron chi connectivity index (χ1n) is 6.79. The summed E-state index contributed by atoms with van der Waals surface area (Å²) >= 11 is 3.28. The molecule has 20 heavy (non-hydrogen) atoms. The number of rotatable bonds is 5. The van der Waals surface area contributed by atoms with Gasteiger partial charge in [0.25, 0.3) is 0 Å². The lowest BCUT2D eigenvalue weighted by Gasteiger charge is -2.27. The van der Waals surface area contributed by atoms with Crippen molar-refractivity contribution in [3.8, 4) is 0 Å². The fourth-order valence-electron chi connectivity index (χ4n) is 2.20. The Morgan fingerprint density at radius 2 is 2.15 bits per heavy atom. The lowest BCUT2D eigenvalue weighted by molar-refractivity contribution is -0.120. The molecular formula is C14H19BrFN3O. The minimum atomic E-state index is -0.342. The third-order valence-electron chi connectivity index (χ3n) is 3.32. The van der Waals surface area contributed by atoms with E-state index in [9.17, 15) is 9.18 Å². The topological polar surface area (TPSA) is 44.4 Å². The highest BCUT2D eigenvalue weighted by molar-refractivity contribution is 9.10. The highest BCUT2D eigenvalue weighted by Crippen LogP contribution is 2.15. The number of nitrogens with zero attached hydrogens (tertiary/aromatic N) is 1. The van der Waals surface area contributed by atoms with Crippen molar-refractivity contribution in [1.82, 2.24) is 15.5 Å². The Kier molecular flexibility index (Phi) is 5.94. The molecule has 1 saturated heterocycles. The number of nitrogens with one attached hydrogen (secondary N) is 2. The molecule has 4 nitrogen and oxygen atoms in total. The van der Waals surface area contributed by atoms with Crippen molar-refractivity contribution in [2.75, 3.05) is 39.3 Å². The number of amides is 1. The van der Waals surface area contributed by atoms with Gasteiger partial charge in [-0.25, -0.2) is 4.39 Å². The van der Waals surface area contributed by atoms with Crippen molar-refractivity contribution >= 4 is 21.8 Å². The second-order valence-corrected chi connectivity index (χ2v) is 5.77. The molecule has 0 saturated carbocycles. The predicted molar refractivity (Wildman–Crippen MR) is 80.1 cm³/mol. The summed E-state index contributed by atoms with van der Waals surface area (Å²) in [6, 6.07) is 4.64. The summed E-state index contributed by atoms with van der Waals surface area (Å²) in [6.45, 7) is 5.46. The van der Waals surface area contributed by atoms with Gasteiger partial charge in [0.05, 0.1) is 6.42 Å². The molecule has 0 bridgehead atoms. The summed E-state index contributed by atoms with van der Waals surface area (Å²) in [6.07, 6.45) is 0.0762. The van der Waals surface area contributed by atoms with Crippen LogP contribution in [0.5, 0.6) is 0 Å². The van der Waals surface area contributed by atoms with Gasteiger partial charge in [0, 0.05) is 43.7 Å². The largest absolute Gasteiger partial charge is 0.355 e. The molecule has 1 amide bonds. The van der Waals surface area contributed by atoms with Crippen LogP contribution in [0.2, 0.25) is 0 Å². The van der Waals surface area contributed by atoms with E-state index in [1.165, 1.54) is 6.07 Å². The lowest BCUT2D eigenvalue weighted by Crippen LogP contribution is -2.46. The Balaban J connectivity index is 1.73. The van der Waals surface area contributed by atoms with Crippen molar-refractivity contribution < 1.29 is 9.18 Å². The van der Waals surface area contributed by atoms with Crippen LogP contribution < -0.4 is 10.6 Å². The Hall–Kier alpha value is -0.980. The maximum absolute atomic E-state index is 13.5. The van der Waals surface area contributed by atoms with E-state index in [0.717, 1.165) is 37.2 Å². The van der Waals surface area contributed by atoms with E-state index >= 15 is 0 Å². The number of hydrogen-bond acceptors (Lipinski definition) is 3. The maximum atomic E-state index is 13.5. The minimum Gasteiger partial charge on any atom is -0.355 e. The van der Waals surface area contributed by atoms with E-state index in [4.69, 9.17) is 0 Å². The third-order valence-corrected chi connectivity index (χ3v) is 3.81. The second-order valence-electron chi connectivity index (χ2n) is 4.85. The van der Waals surface area contributed by atoms with E-state index in [2.05, 4.69) is 31.5 Å². The fraction of sp³-hybridized carbons (Fsp3) is 0.500. The van der Waals surface area contributed by atoms with E-state index in [1.807, 2.05) is 0 Å². The molecule has 2 N–H and O–H groups in total. The van der Waals surface area contributed by atoms with Crippen LogP contribution in [-0.2, 0) is 11.2 Å². The molecule has 0 aliphatic carbocycles. The Morgan fingerprint density at radius 3 is 2.90 bits per heavy atom. The standard InChI is InChI=1S/C14H19BrFN3O/c15-12-1-2-13(16)11(9-12)10-14(20)18-5-8-19-6-3-17-4-7-19/h1-2,9,17H,3-8,10H2,(H,18,20). The quantitative estimate of drug-likeness (QED) is 0.843. The molecule has 1 fully saturated rings. The van der Waals surface area contributed by atoms with Crippen LogP contribution in [0.3, 0.4) is 0 Å². The number of carbonyl (C=O) groups excluding carboxylic acids is 1. The van der Waals surface area contributed by atoms with Crippen molar-refractivity contribution in [3.05, 3.63) is 34.1 Å². The van der Waals surface area contributed by atoms with Gasteiger partial charge in [-0.3, -0.25) is 9.69 Å². The van der Waals surface area contributed by atoms with Gasteiger partial charge in [-0.05, 0) is 23.8 Å². The molecule has 110 valence electrons. The van der Waals surface area contributed by atoms with Crippen LogP contribution in [0, 0.1) is 5.82 Å². The van der Waals surface area contributed by atoms with Gasteiger partial charge in [-0.1, -0.05) is 15.9 Å². The van der Waals surface area contributed by atoms with E-state index in [0.29, 0.717) is 12.1 Å². The molecule has 1 heterocycles. The highest BCUT2D eigenvalue weighted by Gasteiger charge is 2.11. The Morgan fingerprint density at radius 1 is 1.40 bits per heavy atom. The van der Waals surface area contributed by atoms with Gasteiger partial charge < -0.3 is 10.6 Å². The molecule has 1 aliphatic rings. The summed E-state index contributed by atoms with van der Waals surface area (Å²) in [7, 11) is 0. The summed E-state index contributed by atoms with van der Waals surface area (Å²) in [5, 5.41) is 6.13. The molecule has 1 aromatic carbocycles. The van der Waals surface area contributed by atoms with Crippen LogP contribution in [0.4, 0.5) is 4.39 Å². The maximum Gasteiger partial charge on any atom is 0.224 e. The molecule has 0 spiro atoms. The SMILES string of the molecule is O=C(Cc1cc(Br)ccc1F)NCCN1CCNCC1. The van der Waals surface area contributed by atoms with Gasteiger partial charge in [-0.15, -0.1) is 0 Å². The van der Waals surface area contributed by atoms with Crippen molar-refractivity contribution in [2.24, 2.45) is 0 Å². The van der Waals surface area contributed by atoms with Crippen LogP contribution in [-0.4, -0.2) is 50.1 Å². The second kappa shape index (κ2) is 7.71. The van der Waals surface area contributed by atoms with Gasteiger partial charge in [0.1, 0.15) is 5.82 Å². The number of piperazine rings is 1. The third kappa shape index (κ3) is 4.85.